The molecule has 0 bridgehead atoms. The van der Waals surface area contributed by atoms with Crippen LogP contribution in [-0.4, -0.2) is 9.13 Å². The second-order valence-electron chi connectivity index (χ2n) is 12.3. The van der Waals surface area contributed by atoms with Crippen LogP contribution in [0.25, 0.3) is 92.9 Å². The molecule has 0 atom stereocenters. The first kappa shape index (κ1) is 27.1. The number of hydrogen-bond acceptors (Lipinski definition) is 2. The highest BCUT2D eigenvalue weighted by atomic mass is 16.3. The largest absolute Gasteiger partial charge is 0.455 e. The SMILES string of the molecule is [C-]#[N+]c1cc(C#N)c(-n2c3ccccc3c3ccccc32)c(-n2c3ccc(-c4ccccc4)cc3c3c4oc5ccccc5c4ccc32)c1. The lowest BCUT2D eigenvalue weighted by Gasteiger charge is -2.19. The molecule has 0 unspecified atom stereocenters. The Bertz CT molecular complexity index is 3020. The molecule has 7 aromatic carbocycles. The fraction of sp³-hybridized carbons (Fsp3) is 0. The van der Waals surface area contributed by atoms with E-state index in [0.717, 1.165) is 88.1 Å². The predicted octanol–water partition coefficient (Wildman–Crippen LogP) is 11.9. The van der Waals surface area contributed by atoms with Gasteiger partial charge in [-0.05, 0) is 65.7 Å². The minimum Gasteiger partial charge on any atom is -0.455 e. The van der Waals surface area contributed by atoms with E-state index in [1.807, 2.05) is 54.6 Å². The van der Waals surface area contributed by atoms with Crippen LogP contribution in [0.3, 0.4) is 0 Å². The molecule has 0 amide bonds. The van der Waals surface area contributed by atoms with Crippen molar-refractivity contribution in [3.05, 3.63) is 163 Å². The van der Waals surface area contributed by atoms with E-state index in [4.69, 9.17) is 11.0 Å². The summed E-state index contributed by atoms with van der Waals surface area (Å²) in [6, 6.07) is 52.0. The van der Waals surface area contributed by atoms with Crippen LogP contribution in [0.4, 0.5) is 5.69 Å². The second-order valence-corrected chi connectivity index (χ2v) is 12.3. The number of benzene rings is 7. The van der Waals surface area contributed by atoms with Gasteiger partial charge in [0.2, 0.25) is 0 Å². The maximum Gasteiger partial charge on any atom is 0.190 e. The van der Waals surface area contributed by atoms with Crippen molar-refractivity contribution in [2.24, 2.45) is 0 Å². The molecule has 3 aromatic heterocycles. The fourth-order valence-corrected chi connectivity index (χ4v) is 7.68. The van der Waals surface area contributed by atoms with E-state index < -0.39 is 0 Å². The van der Waals surface area contributed by atoms with Gasteiger partial charge in [0.1, 0.15) is 17.2 Å². The zero-order valence-corrected chi connectivity index (χ0v) is 26.1. The van der Waals surface area contributed by atoms with Crippen LogP contribution in [0.2, 0.25) is 0 Å². The third kappa shape index (κ3) is 3.79. The Hall–Kier alpha value is -7.08. The minimum absolute atomic E-state index is 0.400. The van der Waals surface area contributed by atoms with E-state index in [2.05, 4.69) is 105 Å². The molecule has 0 aliphatic heterocycles. The van der Waals surface area contributed by atoms with E-state index in [0.29, 0.717) is 11.3 Å². The smallest absolute Gasteiger partial charge is 0.190 e. The number of fused-ring (bicyclic) bond motifs is 10. The molecule has 0 aliphatic carbocycles. The molecule has 0 radical (unpaired) electrons. The normalized spacial score (nSPS) is 11.6. The molecule has 0 saturated carbocycles. The van der Waals surface area contributed by atoms with Gasteiger partial charge in [0, 0.05) is 26.9 Å². The Kier molecular flexibility index (Phi) is 5.64. The van der Waals surface area contributed by atoms with Gasteiger partial charge >= 0.3 is 0 Å². The molecule has 10 rings (SSSR count). The van der Waals surface area contributed by atoms with Crippen molar-refractivity contribution in [3.63, 3.8) is 0 Å². The molecule has 226 valence electrons. The zero-order chi connectivity index (χ0) is 32.6. The molecule has 10 aromatic rings. The van der Waals surface area contributed by atoms with Crippen LogP contribution in [-0.2, 0) is 0 Å². The monoisotopic (exact) mass is 624 g/mol. The summed E-state index contributed by atoms with van der Waals surface area (Å²) in [5.41, 5.74) is 10.0. The number of aromatic nitrogens is 2. The molecule has 3 heterocycles. The maximum absolute atomic E-state index is 10.7. The van der Waals surface area contributed by atoms with Crippen molar-refractivity contribution >= 4 is 71.2 Å². The fourth-order valence-electron chi connectivity index (χ4n) is 7.68. The number of nitrogens with zero attached hydrogens (tertiary/aromatic N) is 4. The minimum atomic E-state index is 0.400. The van der Waals surface area contributed by atoms with Crippen LogP contribution in [0, 0.1) is 17.9 Å². The summed E-state index contributed by atoms with van der Waals surface area (Å²) in [6.45, 7) is 8.05. The van der Waals surface area contributed by atoms with Gasteiger partial charge in [0.25, 0.3) is 0 Å². The van der Waals surface area contributed by atoms with Crippen LogP contribution in [0.15, 0.2) is 150 Å². The number of para-hydroxylation sites is 3. The van der Waals surface area contributed by atoms with Crippen molar-refractivity contribution in [2.75, 3.05) is 0 Å². The number of hydrogen-bond donors (Lipinski definition) is 0. The lowest BCUT2D eigenvalue weighted by molar-refractivity contribution is 0.673. The van der Waals surface area contributed by atoms with Gasteiger partial charge in [-0.25, -0.2) is 4.85 Å². The Morgan fingerprint density at radius 3 is 1.94 bits per heavy atom. The highest BCUT2D eigenvalue weighted by molar-refractivity contribution is 6.24. The first-order valence-corrected chi connectivity index (χ1v) is 16.1. The van der Waals surface area contributed by atoms with Gasteiger partial charge < -0.3 is 13.6 Å². The molecular weight excluding hydrogens is 601 g/mol. The van der Waals surface area contributed by atoms with Gasteiger partial charge in [-0.2, -0.15) is 5.26 Å². The molecular formula is C44H24N4O. The topological polar surface area (TPSA) is 51.1 Å². The molecule has 0 aliphatic rings. The number of rotatable bonds is 3. The third-order valence-electron chi connectivity index (χ3n) is 9.75. The van der Waals surface area contributed by atoms with Crippen molar-refractivity contribution < 1.29 is 4.42 Å². The van der Waals surface area contributed by atoms with Crippen LogP contribution in [0.5, 0.6) is 0 Å². The van der Waals surface area contributed by atoms with Crippen molar-refractivity contribution in [2.45, 2.75) is 0 Å². The van der Waals surface area contributed by atoms with Crippen LogP contribution < -0.4 is 0 Å². The summed E-state index contributed by atoms with van der Waals surface area (Å²) in [4.78, 5) is 3.85. The van der Waals surface area contributed by atoms with Gasteiger partial charge in [-0.1, -0.05) is 91.0 Å². The first-order valence-electron chi connectivity index (χ1n) is 16.1. The third-order valence-corrected chi connectivity index (χ3v) is 9.75. The Morgan fingerprint density at radius 1 is 0.551 bits per heavy atom. The summed E-state index contributed by atoms with van der Waals surface area (Å²) in [7, 11) is 0. The van der Waals surface area contributed by atoms with Crippen LogP contribution in [0.1, 0.15) is 5.56 Å². The maximum atomic E-state index is 10.7. The van der Waals surface area contributed by atoms with E-state index in [1.54, 1.807) is 6.07 Å². The Morgan fingerprint density at radius 2 is 1.20 bits per heavy atom. The first-order chi connectivity index (χ1) is 24.2. The quantitative estimate of drug-likeness (QED) is 0.184. The predicted molar refractivity (Wildman–Crippen MR) is 199 cm³/mol. The zero-order valence-electron chi connectivity index (χ0n) is 26.1. The lowest BCUT2D eigenvalue weighted by Crippen LogP contribution is -2.06. The Balaban J connectivity index is 1.41. The van der Waals surface area contributed by atoms with E-state index >= 15 is 0 Å². The Labute approximate surface area is 280 Å². The molecule has 0 fully saturated rings. The average molecular weight is 625 g/mol. The summed E-state index contributed by atoms with van der Waals surface area (Å²) in [5.74, 6) is 0. The highest BCUT2D eigenvalue weighted by Crippen LogP contribution is 2.44. The molecule has 0 spiro atoms. The van der Waals surface area contributed by atoms with Gasteiger partial charge in [0.15, 0.2) is 5.69 Å². The van der Waals surface area contributed by atoms with Crippen LogP contribution >= 0.6 is 0 Å². The molecule has 5 nitrogen and oxygen atoms in total. The van der Waals surface area contributed by atoms with E-state index in [9.17, 15) is 5.26 Å². The summed E-state index contributed by atoms with van der Waals surface area (Å²) in [6.07, 6.45) is 0. The van der Waals surface area contributed by atoms with Crippen molar-refractivity contribution in [3.8, 4) is 28.6 Å². The summed E-state index contributed by atoms with van der Waals surface area (Å²) < 4.78 is 11.0. The van der Waals surface area contributed by atoms with Gasteiger partial charge in [-0.15, -0.1) is 0 Å². The van der Waals surface area contributed by atoms with E-state index in [1.165, 1.54) is 0 Å². The standard InChI is InChI=1S/C44H24N4O/c1-46-30-23-29(26-45)43(48-36-16-8-5-13-31(36)32-14-6-9-17-37(32)48)40(25-30)47-38-21-19-28(27-11-3-2-4-12-27)24-35(38)42-39(47)22-20-34-33-15-7-10-18-41(33)49-44(34)42/h2-25H. The van der Waals surface area contributed by atoms with Crippen molar-refractivity contribution in [1.29, 1.82) is 5.26 Å². The van der Waals surface area contributed by atoms with Crippen molar-refractivity contribution in [1.82, 2.24) is 9.13 Å². The molecule has 49 heavy (non-hydrogen) atoms. The van der Waals surface area contributed by atoms with E-state index in [-0.39, 0.29) is 0 Å². The molecule has 5 heteroatoms. The van der Waals surface area contributed by atoms with Gasteiger partial charge in [-0.3, -0.25) is 0 Å². The molecule has 0 N–H and O–H groups in total. The number of furan rings is 1. The molecule has 0 saturated heterocycles. The van der Waals surface area contributed by atoms with Gasteiger partial charge in [0.05, 0.1) is 51.0 Å². The second kappa shape index (κ2) is 10.2. The summed E-state index contributed by atoms with van der Waals surface area (Å²) in [5, 5.41) is 17.0. The number of nitriles is 1. The summed E-state index contributed by atoms with van der Waals surface area (Å²) >= 11 is 0. The highest BCUT2D eigenvalue weighted by Gasteiger charge is 2.25. The average Bonchev–Trinajstić information content (AvgIpc) is 3.82. The lowest BCUT2D eigenvalue weighted by atomic mass is 10.0.